The summed E-state index contributed by atoms with van der Waals surface area (Å²) in [5, 5.41) is 5.35. The van der Waals surface area contributed by atoms with Crippen molar-refractivity contribution in [2.45, 2.75) is 19.1 Å². The Kier molecular flexibility index (Phi) is 6.43. The van der Waals surface area contributed by atoms with Crippen LogP contribution >= 0.6 is 34.3 Å². The van der Waals surface area contributed by atoms with Gasteiger partial charge in [0.2, 0.25) is 0 Å². The predicted octanol–water partition coefficient (Wildman–Crippen LogP) is 5.15. The van der Waals surface area contributed by atoms with Crippen LogP contribution < -0.4 is 16.4 Å². The first kappa shape index (κ1) is 23.9. The summed E-state index contributed by atoms with van der Waals surface area (Å²) in [7, 11) is 0. The van der Waals surface area contributed by atoms with Crippen molar-refractivity contribution in [3.05, 3.63) is 62.7 Å². The number of carbonyl (C=O) groups is 2. The number of alkyl halides is 3. The summed E-state index contributed by atoms with van der Waals surface area (Å²) < 4.78 is 39.8. The van der Waals surface area contributed by atoms with Crippen LogP contribution in [0.15, 0.2) is 36.7 Å². The van der Waals surface area contributed by atoms with E-state index in [-0.39, 0.29) is 16.6 Å². The number of hydrogen-bond donors (Lipinski definition) is 3. The van der Waals surface area contributed by atoms with E-state index in [0.717, 1.165) is 22.2 Å². The molecular weight excluding hydrogens is 513 g/mol. The number of benzene rings is 1. The summed E-state index contributed by atoms with van der Waals surface area (Å²) in [5.74, 6) is -1.36. The van der Waals surface area contributed by atoms with Gasteiger partial charge in [0.15, 0.2) is 5.13 Å². The molecule has 0 spiro atoms. The van der Waals surface area contributed by atoms with E-state index in [9.17, 15) is 22.8 Å². The largest absolute Gasteiger partial charge is 0.418 e. The third-order valence-corrected chi connectivity index (χ3v) is 6.86. The molecule has 0 fully saturated rings. The first-order valence-electron chi connectivity index (χ1n) is 9.48. The van der Waals surface area contributed by atoms with Crippen LogP contribution in [0.3, 0.4) is 0 Å². The highest BCUT2D eigenvalue weighted by molar-refractivity contribution is 7.22. The number of pyridine rings is 1. The van der Waals surface area contributed by atoms with Crippen molar-refractivity contribution in [1.82, 2.24) is 20.3 Å². The fraction of sp³-hybridized carbons (Fsp3) is 0.150. The molecule has 0 aliphatic heterocycles. The highest BCUT2D eigenvalue weighted by Crippen LogP contribution is 2.35. The zero-order valence-corrected chi connectivity index (χ0v) is 19.5. The van der Waals surface area contributed by atoms with Crippen molar-refractivity contribution in [1.29, 1.82) is 0 Å². The van der Waals surface area contributed by atoms with E-state index in [4.69, 9.17) is 17.3 Å². The number of thiazole rings is 2. The van der Waals surface area contributed by atoms with E-state index in [0.29, 0.717) is 27.3 Å². The highest BCUT2D eigenvalue weighted by atomic mass is 35.5. The monoisotopic (exact) mass is 526 g/mol. The Hall–Kier alpha value is -3.29. The van der Waals surface area contributed by atoms with Crippen LogP contribution in [0.5, 0.6) is 0 Å². The van der Waals surface area contributed by atoms with Crippen LogP contribution in [0.25, 0.3) is 10.2 Å². The molecule has 0 saturated heterocycles. The second-order valence-electron chi connectivity index (χ2n) is 6.99. The Morgan fingerprint density at radius 3 is 2.62 bits per heavy atom. The van der Waals surface area contributed by atoms with Crippen molar-refractivity contribution in [2.24, 2.45) is 0 Å². The Balaban J connectivity index is 1.43. The molecule has 3 aromatic heterocycles. The molecular formula is C20H14ClF3N6O2S2. The minimum Gasteiger partial charge on any atom is -0.375 e. The number of amides is 2. The molecule has 0 radical (unpaired) electrons. The van der Waals surface area contributed by atoms with Crippen molar-refractivity contribution >= 4 is 67.3 Å². The summed E-state index contributed by atoms with van der Waals surface area (Å²) >= 11 is 7.79. The van der Waals surface area contributed by atoms with Gasteiger partial charge in [-0.05, 0) is 31.2 Å². The van der Waals surface area contributed by atoms with Gasteiger partial charge in [0.05, 0.1) is 33.0 Å². The molecule has 0 bridgehead atoms. The van der Waals surface area contributed by atoms with Gasteiger partial charge in [-0.15, -0.1) is 11.3 Å². The lowest BCUT2D eigenvalue weighted by atomic mass is 10.2. The number of rotatable bonds is 5. The average molecular weight is 527 g/mol. The van der Waals surface area contributed by atoms with Crippen LogP contribution in [-0.2, 0) is 6.18 Å². The van der Waals surface area contributed by atoms with Crippen LogP contribution in [0.1, 0.15) is 43.6 Å². The minimum absolute atomic E-state index is 0.128. The third-order valence-electron chi connectivity index (χ3n) is 4.53. The first-order valence-corrected chi connectivity index (χ1v) is 11.5. The molecule has 2 amide bonds. The molecule has 34 heavy (non-hydrogen) atoms. The molecule has 3 heterocycles. The normalized spacial score (nSPS) is 12.5. The number of nitrogen functional groups attached to an aromatic ring is 1. The van der Waals surface area contributed by atoms with E-state index < -0.39 is 28.7 Å². The van der Waals surface area contributed by atoms with Gasteiger partial charge in [-0.3, -0.25) is 9.59 Å². The zero-order valence-electron chi connectivity index (χ0n) is 17.1. The Morgan fingerprint density at radius 2 is 1.88 bits per heavy atom. The van der Waals surface area contributed by atoms with Gasteiger partial charge in [-0.2, -0.15) is 13.2 Å². The number of anilines is 2. The molecule has 0 aliphatic carbocycles. The molecule has 4 N–H and O–H groups in total. The second kappa shape index (κ2) is 9.16. The van der Waals surface area contributed by atoms with E-state index in [1.165, 1.54) is 17.5 Å². The van der Waals surface area contributed by atoms with Crippen LogP contribution in [0.2, 0.25) is 5.02 Å². The molecule has 0 unspecified atom stereocenters. The topological polar surface area (TPSA) is 123 Å². The number of nitrogens with one attached hydrogen (secondary N) is 2. The number of hydrogen-bond acceptors (Lipinski definition) is 8. The Labute approximate surface area is 203 Å². The third kappa shape index (κ3) is 5.11. The van der Waals surface area contributed by atoms with Crippen molar-refractivity contribution in [2.75, 3.05) is 11.1 Å². The van der Waals surface area contributed by atoms with Crippen LogP contribution in [0.4, 0.5) is 24.1 Å². The number of aromatic nitrogens is 3. The fourth-order valence-electron chi connectivity index (χ4n) is 2.92. The minimum atomic E-state index is -4.69. The van der Waals surface area contributed by atoms with E-state index in [1.807, 2.05) is 0 Å². The van der Waals surface area contributed by atoms with Gasteiger partial charge in [0.25, 0.3) is 11.8 Å². The number of fused-ring (bicyclic) bond motifs is 1. The summed E-state index contributed by atoms with van der Waals surface area (Å²) in [6.45, 7) is 1.69. The molecule has 1 atom stereocenters. The zero-order chi connectivity index (χ0) is 24.6. The number of nitrogens with two attached hydrogens (primary N) is 1. The molecule has 0 aliphatic rings. The highest BCUT2D eigenvalue weighted by Gasteiger charge is 2.34. The Morgan fingerprint density at radius 1 is 1.12 bits per heavy atom. The van der Waals surface area contributed by atoms with Crippen molar-refractivity contribution < 1.29 is 22.8 Å². The predicted molar refractivity (Wildman–Crippen MR) is 124 cm³/mol. The molecule has 1 aromatic carbocycles. The smallest absolute Gasteiger partial charge is 0.375 e. The van der Waals surface area contributed by atoms with E-state index in [1.54, 1.807) is 25.1 Å². The van der Waals surface area contributed by atoms with Crippen molar-refractivity contribution in [3.8, 4) is 0 Å². The lowest BCUT2D eigenvalue weighted by Gasteiger charge is -2.11. The number of nitrogens with zero attached hydrogens (tertiary/aromatic N) is 3. The molecule has 0 saturated carbocycles. The molecule has 4 rings (SSSR count). The summed E-state index contributed by atoms with van der Waals surface area (Å²) in [5.41, 5.74) is 5.68. The van der Waals surface area contributed by atoms with E-state index in [2.05, 4.69) is 25.6 Å². The summed E-state index contributed by atoms with van der Waals surface area (Å²) in [6, 6.07) is 5.12. The quantitative estimate of drug-likeness (QED) is 0.331. The van der Waals surface area contributed by atoms with Gasteiger partial charge in [0, 0.05) is 11.8 Å². The molecule has 4 aromatic rings. The van der Waals surface area contributed by atoms with E-state index >= 15 is 0 Å². The number of halogens is 4. The maximum atomic E-state index is 13.0. The second-order valence-corrected chi connectivity index (χ2v) is 9.53. The fourth-order valence-corrected chi connectivity index (χ4v) is 4.72. The lowest BCUT2D eigenvalue weighted by Crippen LogP contribution is -2.26. The standard InChI is InChI=1S/C20H14ClF3N6O2S2/c1-8(28-16(31)9-2-3-12-13(4-9)34-19(25)29-12)18-27-7-14(33-18)17(32)30-15-5-10(20(22,23)24)11(21)6-26-15/h2-8H,1H3,(H2,25,29)(H,28,31)(H,26,30,32)/t8-/m1/s1. The first-order chi connectivity index (χ1) is 16.0. The van der Waals surface area contributed by atoms with Gasteiger partial charge in [0.1, 0.15) is 15.7 Å². The van der Waals surface area contributed by atoms with Crippen LogP contribution in [0, 0.1) is 0 Å². The van der Waals surface area contributed by atoms with Gasteiger partial charge >= 0.3 is 6.18 Å². The molecule has 176 valence electrons. The maximum absolute atomic E-state index is 13.0. The van der Waals surface area contributed by atoms with Crippen molar-refractivity contribution in [3.63, 3.8) is 0 Å². The maximum Gasteiger partial charge on any atom is 0.418 e. The SMILES string of the molecule is C[C@@H](NC(=O)c1ccc2nc(N)sc2c1)c1ncc(C(=O)Nc2cc(C(F)(F)F)c(Cl)cn2)s1. The van der Waals surface area contributed by atoms with Gasteiger partial charge in [-0.1, -0.05) is 22.9 Å². The average Bonchev–Trinajstić information content (AvgIpc) is 3.39. The molecule has 8 nitrogen and oxygen atoms in total. The Bertz CT molecular complexity index is 1400. The van der Waals surface area contributed by atoms with Gasteiger partial charge in [-0.25, -0.2) is 15.0 Å². The van der Waals surface area contributed by atoms with Gasteiger partial charge < -0.3 is 16.4 Å². The molecule has 14 heteroatoms. The van der Waals surface area contributed by atoms with Crippen LogP contribution in [-0.4, -0.2) is 26.8 Å². The lowest BCUT2D eigenvalue weighted by molar-refractivity contribution is -0.137. The summed E-state index contributed by atoms with van der Waals surface area (Å²) in [4.78, 5) is 37.2. The summed E-state index contributed by atoms with van der Waals surface area (Å²) in [6.07, 6.45) is -2.61. The number of carbonyl (C=O) groups excluding carboxylic acids is 2.